The fourth-order valence-electron chi connectivity index (χ4n) is 5.97. The molecule has 1 atom stereocenters. The van der Waals surface area contributed by atoms with Crippen LogP contribution < -0.4 is 19.3 Å². The van der Waals surface area contributed by atoms with Crippen LogP contribution in [0.2, 0.25) is 0 Å². The van der Waals surface area contributed by atoms with Crippen LogP contribution in [0.1, 0.15) is 29.2 Å². The van der Waals surface area contributed by atoms with Crippen molar-refractivity contribution in [2.24, 2.45) is 0 Å². The summed E-state index contributed by atoms with van der Waals surface area (Å²) in [6, 6.07) is 26.1. The SMILES string of the molecule is CCOc1ncccc1C1(NCc2ccc(N3CCN(C)CC3)cc2)C(=O)N(S(=O)(=O)c2ccccc2)c2ccc(C#N)cc21. The number of benzene rings is 3. The Kier molecular flexibility index (Phi) is 8.29. The summed E-state index contributed by atoms with van der Waals surface area (Å²) < 4.78 is 35.0. The minimum atomic E-state index is -4.34. The molecule has 1 fully saturated rings. The molecule has 0 spiro atoms. The van der Waals surface area contributed by atoms with E-state index in [1.54, 1.807) is 42.6 Å². The van der Waals surface area contributed by atoms with E-state index < -0.39 is 21.5 Å². The molecule has 0 bridgehead atoms. The lowest BCUT2D eigenvalue weighted by Crippen LogP contribution is -2.52. The van der Waals surface area contributed by atoms with Gasteiger partial charge in [-0.3, -0.25) is 10.1 Å². The second-order valence-corrected chi connectivity index (χ2v) is 12.9. The van der Waals surface area contributed by atoms with Gasteiger partial charge in [-0.15, -0.1) is 0 Å². The first-order valence-corrected chi connectivity index (χ1v) is 16.3. The molecule has 230 valence electrons. The predicted molar refractivity (Wildman–Crippen MR) is 171 cm³/mol. The van der Waals surface area contributed by atoms with Crippen LogP contribution in [-0.4, -0.2) is 64.0 Å². The molecule has 1 unspecified atom stereocenters. The monoisotopic (exact) mass is 622 g/mol. The van der Waals surface area contributed by atoms with Gasteiger partial charge in [0.05, 0.1) is 28.8 Å². The molecule has 11 heteroatoms. The van der Waals surface area contributed by atoms with E-state index in [9.17, 15) is 18.5 Å². The Hall–Kier alpha value is -4.76. The van der Waals surface area contributed by atoms with E-state index in [0.29, 0.717) is 11.1 Å². The van der Waals surface area contributed by atoms with Crippen LogP contribution in [0, 0.1) is 11.3 Å². The fourth-order valence-corrected chi connectivity index (χ4v) is 7.46. The molecular weight excluding hydrogens is 588 g/mol. The minimum absolute atomic E-state index is 0.0276. The first kappa shape index (κ1) is 30.3. The number of nitriles is 1. The number of likely N-dealkylation sites (N-methyl/N-ethyl adjacent to an activating group) is 1. The maximum Gasteiger partial charge on any atom is 0.270 e. The van der Waals surface area contributed by atoms with Gasteiger partial charge < -0.3 is 14.5 Å². The Bertz CT molecular complexity index is 1850. The Morgan fingerprint density at radius 2 is 1.69 bits per heavy atom. The molecule has 1 saturated heterocycles. The number of hydrogen-bond donors (Lipinski definition) is 1. The molecule has 10 nitrogen and oxygen atoms in total. The normalized spacial score (nSPS) is 18.5. The van der Waals surface area contributed by atoms with Gasteiger partial charge in [-0.1, -0.05) is 30.3 Å². The first-order chi connectivity index (χ1) is 21.8. The third-order valence-corrected chi connectivity index (χ3v) is 10.1. The highest BCUT2D eigenvalue weighted by Crippen LogP contribution is 2.49. The molecule has 45 heavy (non-hydrogen) atoms. The quantitative estimate of drug-likeness (QED) is 0.297. The number of hydrogen-bond acceptors (Lipinski definition) is 9. The molecule has 4 aromatic rings. The second-order valence-electron chi connectivity index (χ2n) is 11.1. The minimum Gasteiger partial charge on any atom is -0.478 e. The number of nitrogens with one attached hydrogen (secondary N) is 1. The number of rotatable bonds is 9. The number of ether oxygens (including phenoxy) is 1. The van der Waals surface area contributed by atoms with Crippen molar-refractivity contribution in [3.05, 3.63) is 113 Å². The van der Waals surface area contributed by atoms with Gasteiger partial charge in [0.25, 0.3) is 15.9 Å². The molecule has 2 aliphatic rings. The van der Waals surface area contributed by atoms with E-state index in [1.807, 2.05) is 19.1 Å². The lowest BCUT2D eigenvalue weighted by Gasteiger charge is -2.34. The van der Waals surface area contributed by atoms with E-state index in [-0.39, 0.29) is 35.2 Å². The van der Waals surface area contributed by atoms with E-state index in [1.165, 1.54) is 24.3 Å². The zero-order valence-corrected chi connectivity index (χ0v) is 26.0. The molecule has 0 aliphatic carbocycles. The highest BCUT2D eigenvalue weighted by molar-refractivity contribution is 7.93. The number of amides is 1. The van der Waals surface area contributed by atoms with E-state index in [0.717, 1.165) is 41.7 Å². The fraction of sp³-hybridized carbons (Fsp3) is 0.265. The van der Waals surface area contributed by atoms with Crippen molar-refractivity contribution in [2.75, 3.05) is 49.0 Å². The molecule has 1 aromatic heterocycles. The van der Waals surface area contributed by atoms with Crippen molar-refractivity contribution < 1.29 is 17.9 Å². The van der Waals surface area contributed by atoms with Gasteiger partial charge in [0, 0.05) is 55.7 Å². The standard InChI is InChI=1S/C34H34N6O4S/c1-3-44-32-29(10-7-17-36-32)34(37-24-25-11-14-27(15-12-25)39-20-18-38(2)19-21-39)30-22-26(23-35)13-16-31(30)40(33(34)41)45(42,43)28-8-5-4-6-9-28/h4-17,22,37H,3,18-21,24H2,1-2H3. The third-order valence-electron chi connectivity index (χ3n) is 8.35. The van der Waals surface area contributed by atoms with Crippen LogP contribution in [0.25, 0.3) is 0 Å². The zero-order chi connectivity index (χ0) is 31.6. The van der Waals surface area contributed by atoms with Crippen molar-refractivity contribution in [3.63, 3.8) is 0 Å². The predicted octanol–water partition coefficient (Wildman–Crippen LogP) is 3.87. The molecule has 1 amide bonds. The summed E-state index contributed by atoms with van der Waals surface area (Å²) in [5.74, 6) is -0.544. The number of carbonyl (C=O) groups is 1. The summed E-state index contributed by atoms with van der Waals surface area (Å²) in [5, 5.41) is 13.3. The maximum atomic E-state index is 14.9. The van der Waals surface area contributed by atoms with Gasteiger partial charge in [0.1, 0.15) is 0 Å². The Labute approximate surface area is 263 Å². The third kappa shape index (κ3) is 5.42. The summed E-state index contributed by atoms with van der Waals surface area (Å²) in [4.78, 5) is 23.9. The summed E-state index contributed by atoms with van der Waals surface area (Å²) >= 11 is 0. The summed E-state index contributed by atoms with van der Waals surface area (Å²) in [5.41, 5.74) is 1.40. The van der Waals surface area contributed by atoms with E-state index in [4.69, 9.17) is 4.74 Å². The molecule has 0 saturated carbocycles. The van der Waals surface area contributed by atoms with Crippen molar-refractivity contribution >= 4 is 27.3 Å². The highest BCUT2D eigenvalue weighted by Gasteiger charge is 2.57. The molecule has 2 aliphatic heterocycles. The number of pyridine rings is 1. The lowest BCUT2D eigenvalue weighted by molar-refractivity contribution is -0.121. The smallest absolute Gasteiger partial charge is 0.270 e. The van der Waals surface area contributed by atoms with Gasteiger partial charge in [-0.25, -0.2) is 17.7 Å². The number of carbonyl (C=O) groups excluding carboxylic acids is 1. The Morgan fingerprint density at radius 3 is 2.38 bits per heavy atom. The number of sulfonamides is 1. The van der Waals surface area contributed by atoms with Crippen LogP contribution in [0.4, 0.5) is 11.4 Å². The van der Waals surface area contributed by atoms with Crippen LogP contribution in [0.3, 0.4) is 0 Å². The van der Waals surface area contributed by atoms with Crippen molar-refractivity contribution in [2.45, 2.75) is 23.9 Å². The van der Waals surface area contributed by atoms with Crippen LogP contribution >= 0.6 is 0 Å². The molecular formula is C34H34N6O4S. The molecule has 3 aromatic carbocycles. The van der Waals surface area contributed by atoms with Gasteiger partial charge >= 0.3 is 0 Å². The van der Waals surface area contributed by atoms with Crippen molar-refractivity contribution in [1.29, 1.82) is 5.26 Å². The van der Waals surface area contributed by atoms with Crippen LogP contribution in [0.5, 0.6) is 5.88 Å². The zero-order valence-electron chi connectivity index (χ0n) is 25.2. The molecule has 0 radical (unpaired) electrons. The highest BCUT2D eigenvalue weighted by atomic mass is 32.2. The number of fused-ring (bicyclic) bond motifs is 1. The largest absolute Gasteiger partial charge is 0.478 e. The maximum absolute atomic E-state index is 14.9. The summed E-state index contributed by atoms with van der Waals surface area (Å²) in [6.45, 7) is 6.17. The number of anilines is 2. The van der Waals surface area contributed by atoms with Gasteiger partial charge in [0.15, 0.2) is 5.54 Å². The topological polar surface area (TPSA) is 119 Å². The number of piperazine rings is 1. The molecule has 1 N–H and O–H groups in total. The molecule has 6 rings (SSSR count). The Balaban J connectivity index is 1.47. The van der Waals surface area contributed by atoms with Crippen molar-refractivity contribution in [1.82, 2.24) is 15.2 Å². The number of aromatic nitrogens is 1. The van der Waals surface area contributed by atoms with E-state index in [2.05, 4.69) is 45.4 Å². The van der Waals surface area contributed by atoms with Gasteiger partial charge in [-0.2, -0.15) is 5.26 Å². The molecule has 3 heterocycles. The average molecular weight is 623 g/mol. The lowest BCUT2D eigenvalue weighted by atomic mass is 9.83. The van der Waals surface area contributed by atoms with Crippen LogP contribution in [0.15, 0.2) is 96.0 Å². The Morgan fingerprint density at radius 1 is 0.956 bits per heavy atom. The number of nitrogens with zero attached hydrogens (tertiary/aromatic N) is 5. The average Bonchev–Trinajstić information content (AvgIpc) is 3.33. The van der Waals surface area contributed by atoms with Crippen LogP contribution in [-0.2, 0) is 26.9 Å². The second kappa shape index (κ2) is 12.3. The van der Waals surface area contributed by atoms with Gasteiger partial charge in [0.2, 0.25) is 5.88 Å². The summed E-state index contributed by atoms with van der Waals surface area (Å²) in [7, 11) is -2.22. The van der Waals surface area contributed by atoms with E-state index >= 15 is 0 Å². The van der Waals surface area contributed by atoms with Gasteiger partial charge in [-0.05, 0) is 74.1 Å². The summed E-state index contributed by atoms with van der Waals surface area (Å²) in [6.07, 6.45) is 1.56. The first-order valence-electron chi connectivity index (χ1n) is 14.8. The van der Waals surface area contributed by atoms with Crippen molar-refractivity contribution in [3.8, 4) is 11.9 Å².